The van der Waals surface area contributed by atoms with Crippen molar-refractivity contribution in [2.45, 2.75) is 97.4 Å². The number of hydrogen-bond donors (Lipinski definition) is 3. The number of amides is 2. The first-order valence-electron chi connectivity index (χ1n) is 18.9. The summed E-state index contributed by atoms with van der Waals surface area (Å²) in [6, 6.07) is 20.2. The lowest BCUT2D eigenvalue weighted by atomic mass is 9.85. The molecular weight excluding hydrogens is 651 g/mol. The molecule has 4 N–H and O–H groups in total. The summed E-state index contributed by atoms with van der Waals surface area (Å²) in [4.78, 5) is 23.4. The lowest BCUT2D eigenvalue weighted by Crippen LogP contribution is -2.42. The summed E-state index contributed by atoms with van der Waals surface area (Å²) in [5.74, 6) is 2.02. The molecule has 2 amide bonds. The summed E-state index contributed by atoms with van der Waals surface area (Å²) in [6.07, 6.45) is 11.1. The van der Waals surface area contributed by atoms with Crippen LogP contribution in [-0.2, 0) is 6.54 Å². The van der Waals surface area contributed by atoms with Gasteiger partial charge in [-0.1, -0.05) is 57.2 Å². The zero-order valence-electron chi connectivity index (χ0n) is 31.0. The van der Waals surface area contributed by atoms with Gasteiger partial charge >= 0.3 is 6.03 Å². The summed E-state index contributed by atoms with van der Waals surface area (Å²) in [5.41, 5.74) is 11.7. The van der Waals surface area contributed by atoms with E-state index in [0.717, 1.165) is 79.6 Å². The van der Waals surface area contributed by atoms with Gasteiger partial charge in [0.1, 0.15) is 17.7 Å². The second-order valence-electron chi connectivity index (χ2n) is 15.6. The fourth-order valence-corrected chi connectivity index (χ4v) is 7.54. The van der Waals surface area contributed by atoms with Gasteiger partial charge in [0.15, 0.2) is 5.65 Å². The first kappa shape index (κ1) is 35.5. The van der Waals surface area contributed by atoms with E-state index in [-0.39, 0.29) is 23.6 Å². The van der Waals surface area contributed by atoms with Crippen molar-refractivity contribution in [1.29, 1.82) is 0 Å². The number of urea groups is 1. The minimum Gasteiger partial charge on any atom is -0.484 e. The van der Waals surface area contributed by atoms with Crippen LogP contribution in [0, 0.1) is 5.41 Å². The number of nitrogens with two attached hydrogens (primary N) is 1. The van der Waals surface area contributed by atoms with Crippen molar-refractivity contribution < 1.29 is 9.53 Å². The van der Waals surface area contributed by atoms with Crippen LogP contribution in [0.15, 0.2) is 83.6 Å². The molecule has 3 atom stereocenters. The van der Waals surface area contributed by atoms with Gasteiger partial charge in [0.05, 0.1) is 17.9 Å². The van der Waals surface area contributed by atoms with Crippen LogP contribution in [0.2, 0.25) is 0 Å². The zero-order valence-corrected chi connectivity index (χ0v) is 31.0. The van der Waals surface area contributed by atoms with Crippen LogP contribution in [0.1, 0.15) is 101 Å². The lowest BCUT2D eigenvalue weighted by molar-refractivity contribution is 0.171. The first-order chi connectivity index (χ1) is 25.1. The van der Waals surface area contributed by atoms with Crippen LogP contribution in [0.25, 0.3) is 5.65 Å². The average Bonchev–Trinajstić information content (AvgIpc) is 3.79. The molecule has 7 rings (SSSR count). The van der Waals surface area contributed by atoms with Gasteiger partial charge in [-0.05, 0) is 106 Å². The number of piperidine rings is 1. The van der Waals surface area contributed by atoms with Crippen LogP contribution in [0.3, 0.4) is 0 Å². The molecule has 0 bridgehead atoms. The maximum Gasteiger partial charge on any atom is 0.320 e. The third kappa shape index (κ3) is 8.25. The van der Waals surface area contributed by atoms with Crippen molar-refractivity contribution in [3.63, 3.8) is 0 Å². The molecule has 11 heteroatoms. The number of nitrogens with zero attached hydrogens (tertiary/aromatic N) is 6. The van der Waals surface area contributed by atoms with Crippen molar-refractivity contribution in [2.75, 3.05) is 24.5 Å². The van der Waals surface area contributed by atoms with Gasteiger partial charge in [0, 0.05) is 36.3 Å². The molecule has 4 heterocycles. The van der Waals surface area contributed by atoms with E-state index in [0.29, 0.717) is 24.0 Å². The van der Waals surface area contributed by atoms with Gasteiger partial charge < -0.3 is 20.7 Å². The van der Waals surface area contributed by atoms with Gasteiger partial charge in [-0.15, -0.1) is 10.2 Å². The number of nitrogens with one attached hydrogen (secondary N) is 2. The molecule has 3 aliphatic rings. The molecule has 11 nitrogen and oxygen atoms in total. The number of amidine groups is 1. The van der Waals surface area contributed by atoms with Gasteiger partial charge in [-0.25, -0.2) is 9.79 Å². The standard InChI is InChI=1S/C41H53N9O2/c1-28-12-7-8-23-49(28)40-47-46-38-20-17-31(27-50(38)40)52-35-19-18-34(32-15-5-6-16-33(32)35)44-39(51)45-37(25-36(42)41(2,3)4)43-30-14-11-13-29(24-30)26-48-21-9-10-22-48/h5-6,11,13-17,20,24-25,27-28,34-35H,7-10,12,18-19,21-23,26,42H2,1-4H3,(H2,43,44,45,51). The molecule has 2 aromatic carbocycles. The molecule has 0 spiro atoms. The SMILES string of the molecule is CC1CCCCN1c1nnc2ccc(OC3CCC(NC(=O)NC(C=C(N)C(C)(C)C)=Nc4cccc(CN5CCCC5)c4)c4ccccc43)cn12. The smallest absolute Gasteiger partial charge is 0.320 e. The van der Waals surface area contributed by atoms with Gasteiger partial charge in [0.25, 0.3) is 0 Å². The normalized spacial score (nSPS) is 21.6. The third-order valence-corrected chi connectivity index (χ3v) is 10.6. The number of fused-ring (bicyclic) bond motifs is 2. The number of likely N-dealkylation sites (tertiary alicyclic amines) is 1. The van der Waals surface area contributed by atoms with E-state index in [1.165, 1.54) is 24.8 Å². The van der Waals surface area contributed by atoms with Crippen molar-refractivity contribution in [3.05, 3.63) is 95.3 Å². The fraction of sp³-hybridized carbons (Fsp3) is 0.463. The van der Waals surface area contributed by atoms with Crippen molar-refractivity contribution in [1.82, 2.24) is 30.1 Å². The van der Waals surface area contributed by atoms with Crippen molar-refractivity contribution in [2.24, 2.45) is 16.1 Å². The van der Waals surface area contributed by atoms with Crippen LogP contribution < -0.4 is 26.0 Å². The van der Waals surface area contributed by atoms with E-state index >= 15 is 0 Å². The Labute approximate surface area is 307 Å². The highest BCUT2D eigenvalue weighted by Crippen LogP contribution is 2.39. The Bertz CT molecular complexity index is 1940. The van der Waals surface area contributed by atoms with Crippen LogP contribution >= 0.6 is 0 Å². The number of pyridine rings is 1. The summed E-state index contributed by atoms with van der Waals surface area (Å²) >= 11 is 0. The number of aromatic nitrogens is 3. The molecular formula is C41H53N9O2. The Kier molecular flexibility index (Phi) is 10.5. The molecule has 0 saturated carbocycles. The second-order valence-corrected chi connectivity index (χ2v) is 15.6. The van der Waals surface area contributed by atoms with Crippen molar-refractivity contribution in [3.8, 4) is 5.75 Å². The summed E-state index contributed by atoms with van der Waals surface area (Å²) in [7, 11) is 0. The number of rotatable bonds is 8. The molecule has 0 radical (unpaired) electrons. The van der Waals surface area contributed by atoms with Gasteiger partial charge in [0.2, 0.25) is 5.95 Å². The topological polar surface area (TPSA) is 125 Å². The van der Waals surface area contributed by atoms with E-state index in [1.807, 2.05) is 67.8 Å². The Hall–Kier alpha value is -4.90. The summed E-state index contributed by atoms with van der Waals surface area (Å²) in [6.45, 7) is 12.5. The largest absolute Gasteiger partial charge is 0.484 e. The Balaban J connectivity index is 1.07. The monoisotopic (exact) mass is 703 g/mol. The minimum absolute atomic E-state index is 0.164. The van der Waals surface area contributed by atoms with E-state index in [2.05, 4.69) is 61.8 Å². The first-order valence-corrected chi connectivity index (χ1v) is 18.9. The van der Waals surface area contributed by atoms with Gasteiger partial charge in [-0.2, -0.15) is 0 Å². The number of benzene rings is 2. The number of ether oxygens (including phenoxy) is 1. The lowest BCUT2D eigenvalue weighted by Gasteiger charge is -2.33. The second kappa shape index (κ2) is 15.4. The van der Waals surface area contributed by atoms with Crippen molar-refractivity contribution >= 4 is 29.1 Å². The minimum atomic E-state index is -0.332. The molecule has 52 heavy (non-hydrogen) atoms. The van der Waals surface area contributed by atoms with Gasteiger partial charge in [-0.3, -0.25) is 14.6 Å². The van der Waals surface area contributed by atoms with Crippen LogP contribution in [-0.4, -0.2) is 57.0 Å². The third-order valence-electron chi connectivity index (χ3n) is 10.6. The number of hydrogen-bond acceptors (Lipinski definition) is 8. The molecule has 1 aliphatic carbocycles. The zero-order chi connectivity index (χ0) is 36.2. The highest BCUT2D eigenvalue weighted by atomic mass is 16.5. The molecule has 4 aromatic rings. The number of carbonyl (C=O) groups is 1. The predicted molar refractivity (Wildman–Crippen MR) is 207 cm³/mol. The Morgan fingerprint density at radius 3 is 2.54 bits per heavy atom. The molecule has 2 fully saturated rings. The predicted octanol–water partition coefficient (Wildman–Crippen LogP) is 7.58. The number of aliphatic imine (C=N–C) groups is 1. The summed E-state index contributed by atoms with van der Waals surface area (Å²) < 4.78 is 8.72. The van der Waals surface area contributed by atoms with E-state index in [1.54, 1.807) is 6.08 Å². The quantitative estimate of drug-likeness (QED) is 0.128. The number of carbonyl (C=O) groups excluding carboxylic acids is 1. The molecule has 3 unspecified atom stereocenters. The Morgan fingerprint density at radius 2 is 1.75 bits per heavy atom. The number of allylic oxidation sites excluding steroid dienone is 1. The molecule has 2 aliphatic heterocycles. The highest BCUT2D eigenvalue weighted by molar-refractivity contribution is 6.05. The Morgan fingerprint density at radius 1 is 0.962 bits per heavy atom. The van der Waals surface area contributed by atoms with Crippen LogP contribution in [0.5, 0.6) is 5.75 Å². The molecule has 2 aromatic heterocycles. The van der Waals surface area contributed by atoms with E-state index in [9.17, 15) is 4.79 Å². The maximum absolute atomic E-state index is 13.7. The van der Waals surface area contributed by atoms with E-state index < -0.39 is 0 Å². The fourth-order valence-electron chi connectivity index (χ4n) is 7.54. The maximum atomic E-state index is 13.7. The van der Waals surface area contributed by atoms with Crippen LogP contribution in [0.4, 0.5) is 16.4 Å². The average molecular weight is 704 g/mol. The molecule has 274 valence electrons. The van der Waals surface area contributed by atoms with E-state index in [4.69, 9.17) is 15.5 Å². The highest BCUT2D eigenvalue weighted by Gasteiger charge is 2.30. The molecule has 2 saturated heterocycles. The summed E-state index contributed by atoms with van der Waals surface area (Å²) in [5, 5.41) is 15.2. The number of anilines is 1.